The molecular formula is C21H40O2S. The molecule has 0 heterocycles. The van der Waals surface area contributed by atoms with Gasteiger partial charge in [0, 0.05) is 11.5 Å². The number of carbonyl (C=O) groups is 1. The molecule has 0 amide bonds. The first kappa shape index (κ1) is 23.6. The van der Waals surface area contributed by atoms with Gasteiger partial charge in [0.15, 0.2) is 0 Å². The Balaban J connectivity index is 3.52. The van der Waals surface area contributed by atoms with E-state index >= 15 is 0 Å². The van der Waals surface area contributed by atoms with E-state index in [1.165, 1.54) is 57.8 Å². The van der Waals surface area contributed by atoms with Crippen molar-refractivity contribution in [2.75, 3.05) is 18.1 Å². The van der Waals surface area contributed by atoms with Gasteiger partial charge >= 0.3 is 5.97 Å². The van der Waals surface area contributed by atoms with E-state index in [4.69, 9.17) is 4.74 Å². The SMILES string of the molecule is C=C(C)CSCC(C)(C)C(=O)OCCCCCCCCCCCC. The summed E-state index contributed by atoms with van der Waals surface area (Å²) in [6.45, 7) is 12.7. The number of hydrogen-bond donors (Lipinski definition) is 0. The van der Waals surface area contributed by atoms with Crippen LogP contribution in [0.2, 0.25) is 0 Å². The van der Waals surface area contributed by atoms with Crippen LogP contribution in [0.1, 0.15) is 91.9 Å². The Bertz CT molecular complexity index is 337. The minimum atomic E-state index is -0.404. The van der Waals surface area contributed by atoms with Crippen LogP contribution < -0.4 is 0 Å². The molecule has 0 aliphatic heterocycles. The van der Waals surface area contributed by atoms with Crippen LogP contribution in [-0.2, 0) is 9.53 Å². The summed E-state index contributed by atoms with van der Waals surface area (Å²) in [7, 11) is 0. The normalized spacial score (nSPS) is 11.5. The molecule has 3 heteroatoms. The number of esters is 1. The van der Waals surface area contributed by atoms with Crippen molar-refractivity contribution in [3.8, 4) is 0 Å². The van der Waals surface area contributed by atoms with Gasteiger partial charge in [-0.15, -0.1) is 0 Å². The largest absolute Gasteiger partial charge is 0.465 e. The molecule has 0 aliphatic carbocycles. The molecular weight excluding hydrogens is 316 g/mol. The summed E-state index contributed by atoms with van der Waals surface area (Å²) in [6, 6.07) is 0. The van der Waals surface area contributed by atoms with Gasteiger partial charge in [-0.25, -0.2) is 0 Å². The smallest absolute Gasteiger partial charge is 0.312 e. The Morgan fingerprint density at radius 1 is 0.958 bits per heavy atom. The highest BCUT2D eigenvalue weighted by molar-refractivity contribution is 7.99. The Kier molecular flexibility index (Phi) is 14.6. The van der Waals surface area contributed by atoms with Crippen molar-refractivity contribution in [2.24, 2.45) is 5.41 Å². The number of unbranched alkanes of at least 4 members (excludes halogenated alkanes) is 9. The third kappa shape index (κ3) is 13.9. The van der Waals surface area contributed by atoms with Gasteiger partial charge in [0.25, 0.3) is 0 Å². The number of thioether (sulfide) groups is 1. The monoisotopic (exact) mass is 356 g/mol. The maximum Gasteiger partial charge on any atom is 0.312 e. The molecule has 0 aliphatic rings. The lowest BCUT2D eigenvalue weighted by Crippen LogP contribution is -2.29. The molecule has 0 unspecified atom stereocenters. The molecule has 142 valence electrons. The summed E-state index contributed by atoms with van der Waals surface area (Å²) in [5.74, 6) is 1.64. The van der Waals surface area contributed by atoms with Gasteiger partial charge in [-0.2, -0.15) is 11.8 Å². The van der Waals surface area contributed by atoms with Crippen LogP contribution in [0.15, 0.2) is 12.2 Å². The van der Waals surface area contributed by atoms with Gasteiger partial charge in [0.1, 0.15) is 0 Å². The van der Waals surface area contributed by atoms with E-state index in [-0.39, 0.29) is 5.97 Å². The first-order valence-corrected chi connectivity index (χ1v) is 10.9. The minimum absolute atomic E-state index is 0.0624. The molecule has 0 aromatic rings. The average molecular weight is 357 g/mol. The van der Waals surface area contributed by atoms with Crippen LogP contribution in [0.3, 0.4) is 0 Å². The van der Waals surface area contributed by atoms with E-state index in [1.807, 2.05) is 20.8 Å². The molecule has 2 nitrogen and oxygen atoms in total. The van der Waals surface area contributed by atoms with Gasteiger partial charge in [-0.3, -0.25) is 4.79 Å². The van der Waals surface area contributed by atoms with Crippen molar-refractivity contribution in [3.05, 3.63) is 12.2 Å². The number of rotatable bonds is 16. The standard InChI is InChI=1S/C21H40O2S/c1-6-7-8-9-10-11-12-13-14-15-16-23-20(22)21(4,5)18-24-17-19(2)3/h2,6-18H2,1,3-5H3. The predicted octanol–water partition coefficient (Wildman–Crippen LogP) is 6.79. The fraction of sp³-hybridized carbons (Fsp3) is 0.857. The second-order valence-corrected chi connectivity index (χ2v) is 8.64. The number of ether oxygens (including phenoxy) is 1. The Hall–Kier alpha value is -0.440. The Labute approximate surface area is 155 Å². The van der Waals surface area contributed by atoms with Gasteiger partial charge in [0.2, 0.25) is 0 Å². The van der Waals surface area contributed by atoms with Crippen molar-refractivity contribution >= 4 is 17.7 Å². The summed E-state index contributed by atoms with van der Waals surface area (Å²) in [5, 5.41) is 0. The fourth-order valence-corrected chi connectivity index (χ4v) is 3.57. The van der Waals surface area contributed by atoms with Crippen molar-refractivity contribution in [3.63, 3.8) is 0 Å². The molecule has 0 fully saturated rings. The number of hydrogen-bond acceptors (Lipinski definition) is 3. The average Bonchev–Trinajstić information content (AvgIpc) is 2.51. The highest BCUT2D eigenvalue weighted by atomic mass is 32.2. The van der Waals surface area contributed by atoms with Crippen LogP contribution in [0.25, 0.3) is 0 Å². The van der Waals surface area contributed by atoms with E-state index in [1.54, 1.807) is 11.8 Å². The minimum Gasteiger partial charge on any atom is -0.465 e. The molecule has 0 spiro atoms. The van der Waals surface area contributed by atoms with Gasteiger partial charge in [-0.1, -0.05) is 76.9 Å². The molecule has 0 saturated heterocycles. The second kappa shape index (κ2) is 14.9. The topological polar surface area (TPSA) is 26.3 Å². The second-order valence-electron chi connectivity index (χ2n) is 7.65. The lowest BCUT2D eigenvalue weighted by atomic mass is 9.97. The molecule has 0 atom stereocenters. The van der Waals surface area contributed by atoms with Crippen molar-refractivity contribution < 1.29 is 9.53 Å². The van der Waals surface area contributed by atoms with E-state index in [2.05, 4.69) is 13.5 Å². The molecule has 24 heavy (non-hydrogen) atoms. The highest BCUT2D eigenvalue weighted by Crippen LogP contribution is 2.24. The first-order chi connectivity index (χ1) is 11.4. The molecule has 0 rings (SSSR count). The molecule has 0 bridgehead atoms. The molecule has 0 aromatic carbocycles. The molecule has 0 radical (unpaired) electrons. The van der Waals surface area contributed by atoms with Crippen LogP contribution in [0.4, 0.5) is 0 Å². The number of carbonyl (C=O) groups excluding carboxylic acids is 1. The molecule has 0 N–H and O–H groups in total. The van der Waals surface area contributed by atoms with E-state index in [9.17, 15) is 4.79 Å². The zero-order valence-corrected chi connectivity index (χ0v) is 17.4. The summed E-state index contributed by atoms with van der Waals surface area (Å²) >= 11 is 1.76. The molecule has 0 aromatic heterocycles. The van der Waals surface area contributed by atoms with Crippen LogP contribution >= 0.6 is 11.8 Å². The van der Waals surface area contributed by atoms with Crippen LogP contribution in [-0.4, -0.2) is 24.1 Å². The van der Waals surface area contributed by atoms with Gasteiger partial charge in [0.05, 0.1) is 12.0 Å². The zero-order chi connectivity index (χ0) is 18.3. The lowest BCUT2D eigenvalue weighted by molar-refractivity contribution is -0.152. The Morgan fingerprint density at radius 2 is 1.46 bits per heavy atom. The van der Waals surface area contributed by atoms with Gasteiger partial charge < -0.3 is 4.74 Å². The summed E-state index contributed by atoms with van der Waals surface area (Å²) in [5.41, 5.74) is 0.744. The van der Waals surface area contributed by atoms with E-state index in [0.29, 0.717) is 6.61 Å². The maximum atomic E-state index is 12.1. The molecule has 0 saturated carbocycles. The summed E-state index contributed by atoms with van der Waals surface area (Å²) < 4.78 is 5.46. The Morgan fingerprint density at radius 3 is 1.96 bits per heavy atom. The third-order valence-corrected chi connectivity index (χ3v) is 5.72. The lowest BCUT2D eigenvalue weighted by Gasteiger charge is -2.22. The fourth-order valence-electron chi connectivity index (χ4n) is 2.49. The first-order valence-electron chi connectivity index (χ1n) is 9.79. The summed E-state index contributed by atoms with van der Waals surface area (Å²) in [4.78, 5) is 12.1. The maximum absolute atomic E-state index is 12.1. The predicted molar refractivity (Wildman–Crippen MR) is 109 cm³/mol. The quantitative estimate of drug-likeness (QED) is 0.173. The van der Waals surface area contributed by atoms with E-state index < -0.39 is 5.41 Å². The van der Waals surface area contributed by atoms with Crippen molar-refractivity contribution in [2.45, 2.75) is 91.9 Å². The summed E-state index contributed by atoms with van der Waals surface area (Å²) in [6.07, 6.45) is 13.0. The zero-order valence-electron chi connectivity index (χ0n) is 16.6. The van der Waals surface area contributed by atoms with Crippen molar-refractivity contribution in [1.82, 2.24) is 0 Å². The van der Waals surface area contributed by atoms with E-state index in [0.717, 1.165) is 23.5 Å². The van der Waals surface area contributed by atoms with Gasteiger partial charge in [-0.05, 0) is 27.2 Å². The van der Waals surface area contributed by atoms with Crippen molar-refractivity contribution in [1.29, 1.82) is 0 Å². The third-order valence-electron chi connectivity index (χ3n) is 4.10. The van der Waals surface area contributed by atoms with Crippen LogP contribution in [0, 0.1) is 5.41 Å². The van der Waals surface area contributed by atoms with Crippen LogP contribution in [0.5, 0.6) is 0 Å². The highest BCUT2D eigenvalue weighted by Gasteiger charge is 2.29.